The van der Waals surface area contributed by atoms with E-state index in [1.807, 2.05) is 6.07 Å². The molecule has 16 heavy (non-hydrogen) atoms. The third-order valence-corrected chi connectivity index (χ3v) is 3.72. The van der Waals surface area contributed by atoms with Crippen LogP contribution < -0.4 is 5.32 Å². The van der Waals surface area contributed by atoms with Crippen molar-refractivity contribution < 1.29 is 9.21 Å². The molecule has 1 unspecified atom stereocenters. The van der Waals surface area contributed by atoms with E-state index in [1.54, 1.807) is 6.26 Å². The highest BCUT2D eigenvalue weighted by Gasteiger charge is 2.57. The van der Waals surface area contributed by atoms with Crippen LogP contribution in [0.1, 0.15) is 40.2 Å². The average molecular weight is 221 g/mol. The molecule has 0 bridgehead atoms. The molecule has 0 aromatic carbocycles. The fraction of sp³-hybridized carbons (Fsp3) is 0.615. The van der Waals surface area contributed by atoms with Gasteiger partial charge in [0.1, 0.15) is 0 Å². The van der Waals surface area contributed by atoms with Crippen molar-refractivity contribution in [2.75, 3.05) is 5.32 Å². The molecular formula is C13H19NO2. The average Bonchev–Trinajstić information content (AvgIpc) is 2.58. The van der Waals surface area contributed by atoms with Gasteiger partial charge in [0.15, 0.2) is 0 Å². The van der Waals surface area contributed by atoms with Crippen molar-refractivity contribution >= 4 is 11.8 Å². The predicted octanol–water partition coefficient (Wildman–Crippen LogP) is 3.17. The van der Waals surface area contributed by atoms with Gasteiger partial charge in [-0.1, -0.05) is 34.6 Å². The number of carbonyl (C=O) groups excluding carboxylic acids is 1. The van der Waals surface area contributed by atoms with Gasteiger partial charge in [-0.15, -0.1) is 0 Å². The molecule has 0 saturated heterocycles. The Morgan fingerprint density at radius 1 is 1.38 bits per heavy atom. The first-order chi connectivity index (χ1) is 7.31. The van der Waals surface area contributed by atoms with Crippen LogP contribution in [0.2, 0.25) is 0 Å². The molecule has 3 nitrogen and oxygen atoms in total. The van der Waals surface area contributed by atoms with E-state index >= 15 is 0 Å². The minimum Gasteiger partial charge on any atom is -0.448 e. The number of hydrogen-bond acceptors (Lipinski definition) is 2. The molecule has 1 aliphatic rings. The topological polar surface area (TPSA) is 42.2 Å². The van der Waals surface area contributed by atoms with Crippen LogP contribution in [0, 0.1) is 11.3 Å². The first-order valence-electron chi connectivity index (χ1n) is 5.71. The Morgan fingerprint density at radius 2 is 2.00 bits per heavy atom. The first kappa shape index (κ1) is 11.2. The van der Waals surface area contributed by atoms with Crippen molar-refractivity contribution in [3.05, 3.63) is 17.9 Å². The minimum absolute atomic E-state index is 0.0596. The quantitative estimate of drug-likeness (QED) is 0.791. The summed E-state index contributed by atoms with van der Waals surface area (Å²) in [6.07, 6.45) is 1.65. The lowest BCUT2D eigenvalue weighted by molar-refractivity contribution is -0.126. The molecule has 2 heterocycles. The van der Waals surface area contributed by atoms with Gasteiger partial charge in [0.2, 0.25) is 11.8 Å². The lowest BCUT2D eigenvalue weighted by Crippen LogP contribution is -2.50. The maximum Gasteiger partial charge on any atom is 0.238 e. The van der Waals surface area contributed by atoms with Crippen LogP contribution in [0.5, 0.6) is 0 Å². The summed E-state index contributed by atoms with van der Waals surface area (Å²) >= 11 is 0. The van der Waals surface area contributed by atoms with Crippen molar-refractivity contribution in [1.29, 1.82) is 0 Å². The molecule has 1 aliphatic heterocycles. The van der Waals surface area contributed by atoms with E-state index in [1.165, 1.54) is 0 Å². The number of furan rings is 1. The van der Waals surface area contributed by atoms with Gasteiger partial charge in [-0.25, -0.2) is 0 Å². The number of nitrogens with one attached hydrogen (secondary N) is 1. The number of rotatable bonds is 1. The van der Waals surface area contributed by atoms with Gasteiger partial charge in [0.25, 0.3) is 0 Å². The summed E-state index contributed by atoms with van der Waals surface area (Å²) < 4.78 is 5.32. The van der Waals surface area contributed by atoms with Crippen LogP contribution in [0.4, 0.5) is 5.88 Å². The summed E-state index contributed by atoms with van der Waals surface area (Å²) in [7, 11) is 0. The third-order valence-electron chi connectivity index (χ3n) is 3.72. The van der Waals surface area contributed by atoms with Gasteiger partial charge in [0, 0.05) is 5.56 Å². The molecule has 3 heteroatoms. The van der Waals surface area contributed by atoms with Crippen LogP contribution in [-0.4, -0.2) is 5.91 Å². The van der Waals surface area contributed by atoms with E-state index in [2.05, 4.69) is 39.9 Å². The second-order valence-electron chi connectivity index (χ2n) is 5.83. The SMILES string of the molecule is CC(C)C1(C(C)(C)C)C(=O)Nc2occc21. The van der Waals surface area contributed by atoms with E-state index in [0.29, 0.717) is 5.88 Å². The molecule has 1 aromatic heterocycles. The zero-order valence-electron chi connectivity index (χ0n) is 10.5. The Hall–Kier alpha value is -1.25. The van der Waals surface area contributed by atoms with Gasteiger partial charge in [-0.3, -0.25) is 10.1 Å². The van der Waals surface area contributed by atoms with Crippen molar-refractivity contribution in [2.24, 2.45) is 11.3 Å². The van der Waals surface area contributed by atoms with Gasteiger partial charge in [0.05, 0.1) is 11.7 Å². The molecule has 1 N–H and O–H groups in total. The fourth-order valence-electron chi connectivity index (χ4n) is 3.22. The van der Waals surface area contributed by atoms with Crippen molar-refractivity contribution in [3.8, 4) is 0 Å². The molecule has 0 saturated carbocycles. The number of hydrogen-bond donors (Lipinski definition) is 1. The van der Waals surface area contributed by atoms with Gasteiger partial charge in [-0.05, 0) is 17.4 Å². The minimum atomic E-state index is -0.491. The molecule has 1 amide bonds. The monoisotopic (exact) mass is 221 g/mol. The van der Waals surface area contributed by atoms with Crippen LogP contribution >= 0.6 is 0 Å². The summed E-state index contributed by atoms with van der Waals surface area (Å²) in [6.45, 7) is 10.5. The lowest BCUT2D eigenvalue weighted by Gasteiger charge is -2.42. The number of carbonyl (C=O) groups is 1. The van der Waals surface area contributed by atoms with Crippen LogP contribution in [0.15, 0.2) is 16.7 Å². The highest BCUT2D eigenvalue weighted by atomic mass is 16.3. The van der Waals surface area contributed by atoms with E-state index in [9.17, 15) is 4.79 Å². The smallest absolute Gasteiger partial charge is 0.238 e. The maximum atomic E-state index is 12.3. The highest BCUT2D eigenvalue weighted by Crippen LogP contribution is 2.53. The Labute approximate surface area is 96.2 Å². The third kappa shape index (κ3) is 1.11. The summed E-state index contributed by atoms with van der Waals surface area (Å²) in [4.78, 5) is 12.3. The van der Waals surface area contributed by atoms with Crippen LogP contribution in [-0.2, 0) is 10.2 Å². The first-order valence-corrected chi connectivity index (χ1v) is 5.71. The number of anilines is 1. The summed E-state index contributed by atoms with van der Waals surface area (Å²) in [5.41, 5.74) is 0.371. The second kappa shape index (κ2) is 3.12. The molecule has 0 aliphatic carbocycles. The molecule has 0 spiro atoms. The second-order valence-corrected chi connectivity index (χ2v) is 5.83. The van der Waals surface area contributed by atoms with E-state index in [4.69, 9.17) is 4.42 Å². The van der Waals surface area contributed by atoms with Crippen molar-refractivity contribution in [3.63, 3.8) is 0 Å². The largest absolute Gasteiger partial charge is 0.448 e. The molecule has 0 fully saturated rings. The molecular weight excluding hydrogens is 202 g/mol. The normalized spacial score (nSPS) is 24.8. The molecule has 0 radical (unpaired) electrons. The van der Waals surface area contributed by atoms with Crippen molar-refractivity contribution in [2.45, 2.75) is 40.0 Å². The van der Waals surface area contributed by atoms with Gasteiger partial charge < -0.3 is 4.42 Å². The Morgan fingerprint density at radius 3 is 2.50 bits per heavy atom. The maximum absolute atomic E-state index is 12.3. The molecule has 1 aromatic rings. The summed E-state index contributed by atoms with van der Waals surface area (Å²) in [5, 5.41) is 2.85. The Bertz CT molecular complexity index is 425. The lowest BCUT2D eigenvalue weighted by atomic mass is 9.58. The predicted molar refractivity (Wildman–Crippen MR) is 63.3 cm³/mol. The van der Waals surface area contributed by atoms with Crippen LogP contribution in [0.3, 0.4) is 0 Å². The van der Waals surface area contributed by atoms with Gasteiger partial charge in [-0.2, -0.15) is 0 Å². The zero-order valence-corrected chi connectivity index (χ0v) is 10.5. The molecule has 2 rings (SSSR count). The fourth-order valence-corrected chi connectivity index (χ4v) is 3.22. The molecule has 88 valence electrons. The molecule has 1 atom stereocenters. The standard InChI is InChI=1S/C13H19NO2/c1-8(2)13(12(3,4)5)9-6-7-16-10(9)14-11(13)15/h6-8H,1-5H3,(H,14,15). The van der Waals surface area contributed by atoms with E-state index < -0.39 is 5.41 Å². The van der Waals surface area contributed by atoms with Crippen molar-refractivity contribution in [1.82, 2.24) is 0 Å². The van der Waals surface area contributed by atoms with Gasteiger partial charge >= 0.3 is 0 Å². The number of amides is 1. The highest BCUT2D eigenvalue weighted by molar-refractivity contribution is 6.05. The number of fused-ring (bicyclic) bond motifs is 1. The summed E-state index contributed by atoms with van der Waals surface area (Å²) in [5.74, 6) is 0.907. The Kier molecular flexibility index (Phi) is 2.19. The Balaban J connectivity index is 2.69. The van der Waals surface area contributed by atoms with E-state index in [-0.39, 0.29) is 17.2 Å². The zero-order chi connectivity index (χ0) is 12.1. The summed E-state index contributed by atoms with van der Waals surface area (Å²) in [6, 6.07) is 1.92. The van der Waals surface area contributed by atoms with E-state index in [0.717, 1.165) is 5.56 Å². The van der Waals surface area contributed by atoms with Crippen LogP contribution in [0.25, 0.3) is 0 Å².